The summed E-state index contributed by atoms with van der Waals surface area (Å²) >= 11 is 2.71. The van der Waals surface area contributed by atoms with E-state index in [2.05, 4.69) is 15.9 Å². The van der Waals surface area contributed by atoms with Gasteiger partial charge in [-0.3, -0.25) is 4.79 Å². The molecule has 1 nitrogen and oxygen atoms in total. The second kappa shape index (κ2) is 4.72. The third-order valence-electron chi connectivity index (χ3n) is 2.03. The van der Waals surface area contributed by atoms with Crippen LogP contribution in [0.25, 0.3) is 0 Å². The zero-order valence-electron chi connectivity index (χ0n) is 8.41. The number of halogens is 6. The highest BCUT2D eigenvalue weighted by atomic mass is 79.9. The van der Waals surface area contributed by atoms with Crippen LogP contribution < -0.4 is 0 Å². The Hall–Kier alpha value is -0.980. The van der Waals surface area contributed by atoms with Crippen molar-refractivity contribution in [2.45, 2.75) is 19.5 Å². The molecule has 0 aliphatic carbocycles. The summed E-state index contributed by atoms with van der Waals surface area (Å²) in [7, 11) is 0. The average molecular weight is 317 g/mol. The van der Waals surface area contributed by atoms with E-state index in [4.69, 9.17) is 0 Å². The fraction of sp³-hybridized carbons (Fsp3) is 0.300. The summed E-state index contributed by atoms with van der Waals surface area (Å²) < 4.78 is 62.9. The quantitative estimate of drug-likeness (QED) is 0.575. The van der Waals surface area contributed by atoms with Gasteiger partial charge in [-0.25, -0.2) is 8.78 Å². The van der Waals surface area contributed by atoms with Gasteiger partial charge in [0.25, 0.3) is 6.43 Å². The Morgan fingerprint density at radius 3 is 2.18 bits per heavy atom. The maximum atomic E-state index is 12.6. The smallest absolute Gasteiger partial charge is 0.294 e. The number of carbonyl (C=O) groups is 1. The van der Waals surface area contributed by atoms with E-state index >= 15 is 0 Å². The topological polar surface area (TPSA) is 17.1 Å². The Morgan fingerprint density at radius 1 is 1.29 bits per heavy atom. The van der Waals surface area contributed by atoms with Crippen molar-refractivity contribution in [2.75, 3.05) is 0 Å². The van der Waals surface area contributed by atoms with Crippen LogP contribution in [0.2, 0.25) is 0 Å². The lowest BCUT2D eigenvalue weighted by molar-refractivity contribution is -0.138. The zero-order chi connectivity index (χ0) is 13.4. The Kier molecular flexibility index (Phi) is 3.91. The van der Waals surface area contributed by atoms with E-state index < -0.39 is 35.1 Å². The lowest BCUT2D eigenvalue weighted by atomic mass is 9.98. The normalized spacial score (nSPS) is 12.0. The van der Waals surface area contributed by atoms with Crippen molar-refractivity contribution in [1.82, 2.24) is 0 Å². The lowest BCUT2D eigenvalue weighted by Gasteiger charge is -2.15. The Morgan fingerprint density at radius 2 is 1.82 bits per heavy atom. The molecular weight excluding hydrogens is 311 g/mol. The Bertz CT molecular complexity index is 453. The van der Waals surface area contributed by atoms with Crippen molar-refractivity contribution < 1.29 is 26.7 Å². The predicted octanol–water partition coefficient (Wildman–Crippen LogP) is 4.61. The third kappa shape index (κ3) is 3.02. The first-order valence-corrected chi connectivity index (χ1v) is 5.13. The van der Waals surface area contributed by atoms with Gasteiger partial charge in [-0.05, 0) is 19.1 Å². The minimum Gasteiger partial charge on any atom is -0.294 e. The van der Waals surface area contributed by atoms with Gasteiger partial charge in [0.1, 0.15) is 0 Å². The van der Waals surface area contributed by atoms with Crippen LogP contribution in [0.4, 0.5) is 22.0 Å². The highest BCUT2D eigenvalue weighted by molar-refractivity contribution is 9.10. The molecule has 0 heterocycles. The first kappa shape index (κ1) is 14.1. The van der Waals surface area contributed by atoms with Crippen molar-refractivity contribution in [2.24, 2.45) is 0 Å². The summed E-state index contributed by atoms with van der Waals surface area (Å²) in [4.78, 5) is 11.1. The van der Waals surface area contributed by atoms with E-state index in [1.165, 1.54) is 0 Å². The van der Waals surface area contributed by atoms with Crippen LogP contribution in [0.15, 0.2) is 16.6 Å². The predicted molar refractivity (Wildman–Crippen MR) is 54.1 cm³/mol. The van der Waals surface area contributed by atoms with Crippen LogP contribution in [0, 0.1) is 0 Å². The van der Waals surface area contributed by atoms with Gasteiger partial charge < -0.3 is 0 Å². The van der Waals surface area contributed by atoms with E-state index in [0.29, 0.717) is 6.07 Å². The molecule has 0 aromatic heterocycles. The highest BCUT2D eigenvalue weighted by Gasteiger charge is 2.37. The van der Waals surface area contributed by atoms with E-state index in [0.717, 1.165) is 13.0 Å². The minimum absolute atomic E-state index is 0.148. The van der Waals surface area contributed by atoms with Gasteiger partial charge in [0, 0.05) is 15.6 Å². The average Bonchev–Trinajstić information content (AvgIpc) is 2.14. The van der Waals surface area contributed by atoms with Crippen molar-refractivity contribution >= 4 is 21.7 Å². The molecule has 0 fully saturated rings. The first-order chi connectivity index (χ1) is 7.64. The Labute approximate surface area is 102 Å². The number of hydrogen-bond acceptors (Lipinski definition) is 1. The Balaban J connectivity index is 3.64. The van der Waals surface area contributed by atoms with E-state index in [9.17, 15) is 26.7 Å². The van der Waals surface area contributed by atoms with Gasteiger partial charge in [0.15, 0.2) is 5.78 Å². The second-order valence-electron chi connectivity index (χ2n) is 3.27. The number of hydrogen-bond donors (Lipinski definition) is 0. The van der Waals surface area contributed by atoms with E-state index in [1.807, 2.05) is 0 Å². The highest BCUT2D eigenvalue weighted by Crippen LogP contribution is 2.38. The molecular formula is C10H6BrF5O. The van der Waals surface area contributed by atoms with Gasteiger partial charge in [-0.1, -0.05) is 15.9 Å². The van der Waals surface area contributed by atoms with Crippen molar-refractivity contribution in [3.63, 3.8) is 0 Å². The number of benzene rings is 1. The molecule has 0 N–H and O–H groups in total. The van der Waals surface area contributed by atoms with Crippen molar-refractivity contribution in [1.29, 1.82) is 0 Å². The van der Waals surface area contributed by atoms with Crippen molar-refractivity contribution in [3.05, 3.63) is 33.3 Å². The van der Waals surface area contributed by atoms with Crippen LogP contribution in [0.1, 0.15) is 34.8 Å². The van der Waals surface area contributed by atoms with Gasteiger partial charge in [-0.15, -0.1) is 0 Å². The lowest BCUT2D eigenvalue weighted by Crippen LogP contribution is -2.14. The van der Waals surface area contributed by atoms with E-state index in [1.54, 1.807) is 0 Å². The summed E-state index contributed by atoms with van der Waals surface area (Å²) in [6.07, 6.45) is -8.00. The fourth-order valence-corrected chi connectivity index (χ4v) is 1.89. The first-order valence-electron chi connectivity index (χ1n) is 4.34. The molecule has 0 atom stereocenters. The number of ketones is 1. The molecule has 0 amide bonds. The SMILES string of the molecule is CC(=O)c1c(C(F)F)cc(Br)cc1C(F)(F)F. The van der Waals surface area contributed by atoms with Crippen molar-refractivity contribution in [3.8, 4) is 0 Å². The molecule has 0 unspecified atom stereocenters. The summed E-state index contributed by atoms with van der Waals surface area (Å²) in [5.41, 5.74) is -3.25. The van der Waals surface area contributed by atoms with Crippen LogP contribution >= 0.6 is 15.9 Å². The molecule has 0 spiro atoms. The maximum Gasteiger partial charge on any atom is 0.417 e. The second-order valence-corrected chi connectivity index (χ2v) is 4.19. The summed E-state index contributed by atoms with van der Waals surface area (Å²) in [6.45, 7) is 0.824. The molecule has 0 saturated heterocycles. The molecule has 1 aromatic rings. The number of rotatable bonds is 2. The molecule has 0 radical (unpaired) electrons. The van der Waals surface area contributed by atoms with Gasteiger partial charge in [0.05, 0.1) is 5.56 Å². The maximum absolute atomic E-state index is 12.6. The number of carbonyl (C=O) groups excluding carboxylic acids is 1. The molecule has 1 rings (SSSR count). The molecule has 7 heteroatoms. The fourth-order valence-electron chi connectivity index (χ4n) is 1.42. The van der Waals surface area contributed by atoms with Crippen LogP contribution in [-0.2, 0) is 6.18 Å². The standard InChI is InChI=1S/C10H6BrF5O/c1-4(17)8-6(9(12)13)2-5(11)3-7(8)10(14,15)16/h2-3,9H,1H3. The van der Waals surface area contributed by atoms with Crippen LogP contribution in [-0.4, -0.2) is 5.78 Å². The van der Waals surface area contributed by atoms with E-state index in [-0.39, 0.29) is 4.47 Å². The van der Waals surface area contributed by atoms with Gasteiger partial charge in [-0.2, -0.15) is 13.2 Å². The molecule has 94 valence electrons. The van der Waals surface area contributed by atoms with Gasteiger partial charge in [0.2, 0.25) is 0 Å². The largest absolute Gasteiger partial charge is 0.417 e. The third-order valence-corrected chi connectivity index (χ3v) is 2.48. The molecule has 0 aliphatic heterocycles. The molecule has 17 heavy (non-hydrogen) atoms. The number of Topliss-reactive ketones (excluding diaryl/α,β-unsaturated/α-hetero) is 1. The van der Waals surface area contributed by atoms with Crippen LogP contribution in [0.5, 0.6) is 0 Å². The minimum atomic E-state index is -4.85. The molecule has 1 aromatic carbocycles. The summed E-state index contributed by atoms with van der Waals surface area (Å²) in [5, 5.41) is 0. The number of alkyl halides is 5. The summed E-state index contributed by atoms with van der Waals surface area (Å²) in [5.74, 6) is -1.04. The van der Waals surface area contributed by atoms with Gasteiger partial charge >= 0.3 is 6.18 Å². The van der Waals surface area contributed by atoms with Crippen LogP contribution in [0.3, 0.4) is 0 Å². The molecule has 0 saturated carbocycles. The molecule has 0 bridgehead atoms. The summed E-state index contributed by atoms with van der Waals surface area (Å²) in [6, 6.07) is 1.43. The monoisotopic (exact) mass is 316 g/mol. The molecule has 0 aliphatic rings. The zero-order valence-corrected chi connectivity index (χ0v) is 9.99.